The molecule has 0 bridgehead atoms. The van der Waals surface area contributed by atoms with Crippen molar-refractivity contribution in [3.05, 3.63) is 74.8 Å². The van der Waals surface area contributed by atoms with Gasteiger partial charge in [-0.05, 0) is 60.9 Å². The first-order valence-corrected chi connectivity index (χ1v) is 8.27. The average Bonchev–Trinajstić information content (AvgIpc) is 2.61. The fourth-order valence-electron chi connectivity index (χ4n) is 3.08. The minimum Gasteiger partial charge on any atom is -0.352 e. The molecule has 0 aromatic heterocycles. The van der Waals surface area contributed by atoms with Gasteiger partial charge in [-0.3, -0.25) is 14.9 Å². The number of amides is 1. The zero-order chi connectivity index (χ0) is 16.9. The Labute approximate surface area is 140 Å². The minimum atomic E-state index is -0.415. The maximum atomic E-state index is 12.3. The first kappa shape index (κ1) is 16.2. The van der Waals surface area contributed by atoms with E-state index in [1.807, 2.05) is 12.1 Å². The molecule has 5 nitrogen and oxygen atoms in total. The van der Waals surface area contributed by atoms with Crippen LogP contribution in [-0.2, 0) is 19.3 Å². The van der Waals surface area contributed by atoms with Crippen LogP contribution in [-0.4, -0.2) is 17.4 Å². The van der Waals surface area contributed by atoms with Gasteiger partial charge in [0.2, 0.25) is 0 Å². The van der Waals surface area contributed by atoms with Gasteiger partial charge in [-0.1, -0.05) is 18.2 Å². The SMILES string of the molecule is O=C(NCCc1ccc([N+](=O)[O-])cc1)c1ccc2c(c1)CCCC2. The van der Waals surface area contributed by atoms with E-state index in [-0.39, 0.29) is 11.6 Å². The summed E-state index contributed by atoms with van der Waals surface area (Å²) in [7, 11) is 0. The van der Waals surface area contributed by atoms with E-state index >= 15 is 0 Å². The van der Waals surface area contributed by atoms with Gasteiger partial charge in [0, 0.05) is 24.2 Å². The standard InChI is InChI=1S/C19H20N2O3/c22-19(17-8-7-15-3-1-2-4-16(15)13-17)20-12-11-14-5-9-18(10-6-14)21(23)24/h5-10,13H,1-4,11-12H2,(H,20,22). The van der Waals surface area contributed by atoms with E-state index in [2.05, 4.69) is 11.4 Å². The van der Waals surface area contributed by atoms with E-state index in [4.69, 9.17) is 0 Å². The quantitative estimate of drug-likeness (QED) is 0.676. The third-order valence-electron chi connectivity index (χ3n) is 4.46. The summed E-state index contributed by atoms with van der Waals surface area (Å²) in [5, 5.41) is 13.5. The van der Waals surface area contributed by atoms with E-state index in [0.717, 1.165) is 18.4 Å². The predicted octanol–water partition coefficient (Wildman–Crippen LogP) is 3.45. The zero-order valence-corrected chi connectivity index (χ0v) is 13.5. The third-order valence-corrected chi connectivity index (χ3v) is 4.46. The first-order chi connectivity index (χ1) is 11.6. The molecule has 1 amide bonds. The molecule has 0 aliphatic heterocycles. The average molecular weight is 324 g/mol. The van der Waals surface area contributed by atoms with Gasteiger partial charge in [-0.25, -0.2) is 0 Å². The molecule has 0 atom stereocenters. The van der Waals surface area contributed by atoms with Crippen LogP contribution in [0, 0.1) is 10.1 Å². The van der Waals surface area contributed by atoms with E-state index in [1.165, 1.54) is 36.1 Å². The van der Waals surface area contributed by atoms with Crippen LogP contribution in [0.15, 0.2) is 42.5 Å². The number of nitro benzene ring substituents is 1. The predicted molar refractivity (Wildman–Crippen MR) is 92.2 cm³/mol. The first-order valence-electron chi connectivity index (χ1n) is 8.27. The fourth-order valence-corrected chi connectivity index (χ4v) is 3.08. The Kier molecular flexibility index (Phi) is 4.89. The van der Waals surface area contributed by atoms with Gasteiger partial charge >= 0.3 is 0 Å². The number of rotatable bonds is 5. The normalized spacial score (nSPS) is 13.2. The number of benzene rings is 2. The number of nitro groups is 1. The second-order valence-electron chi connectivity index (χ2n) is 6.12. The third kappa shape index (κ3) is 3.79. The summed E-state index contributed by atoms with van der Waals surface area (Å²) < 4.78 is 0. The molecule has 2 aromatic rings. The van der Waals surface area contributed by atoms with Crippen LogP contribution < -0.4 is 5.32 Å². The van der Waals surface area contributed by atoms with Gasteiger partial charge < -0.3 is 5.32 Å². The summed E-state index contributed by atoms with van der Waals surface area (Å²) >= 11 is 0. The lowest BCUT2D eigenvalue weighted by Crippen LogP contribution is -2.26. The van der Waals surface area contributed by atoms with E-state index in [1.54, 1.807) is 12.1 Å². The lowest BCUT2D eigenvalue weighted by Gasteiger charge is -2.16. The van der Waals surface area contributed by atoms with Gasteiger partial charge in [0.25, 0.3) is 11.6 Å². The number of carbonyl (C=O) groups is 1. The van der Waals surface area contributed by atoms with Gasteiger partial charge in [-0.15, -0.1) is 0 Å². The van der Waals surface area contributed by atoms with Crippen LogP contribution in [0.4, 0.5) is 5.69 Å². The molecule has 0 heterocycles. The van der Waals surface area contributed by atoms with Crippen molar-refractivity contribution in [2.75, 3.05) is 6.54 Å². The number of nitrogens with zero attached hydrogens (tertiary/aromatic N) is 1. The molecule has 0 unspecified atom stereocenters. The Morgan fingerprint density at radius 2 is 1.75 bits per heavy atom. The highest BCUT2D eigenvalue weighted by molar-refractivity contribution is 5.94. The number of carbonyl (C=O) groups excluding carboxylic acids is 1. The van der Waals surface area contributed by atoms with Gasteiger partial charge in [0.05, 0.1) is 4.92 Å². The van der Waals surface area contributed by atoms with Crippen molar-refractivity contribution in [3.8, 4) is 0 Å². The van der Waals surface area contributed by atoms with Crippen LogP contribution in [0.5, 0.6) is 0 Å². The molecule has 5 heteroatoms. The van der Waals surface area contributed by atoms with Crippen molar-refractivity contribution in [3.63, 3.8) is 0 Å². The lowest BCUT2D eigenvalue weighted by molar-refractivity contribution is -0.384. The topological polar surface area (TPSA) is 72.2 Å². The number of hydrogen-bond acceptors (Lipinski definition) is 3. The molecule has 1 aliphatic carbocycles. The van der Waals surface area contributed by atoms with Gasteiger partial charge in [-0.2, -0.15) is 0 Å². The molecular formula is C19H20N2O3. The molecule has 0 fully saturated rings. The minimum absolute atomic E-state index is 0.0646. The van der Waals surface area contributed by atoms with Crippen molar-refractivity contribution < 1.29 is 9.72 Å². The Bertz CT molecular complexity index is 754. The molecule has 3 rings (SSSR count). The summed E-state index contributed by atoms with van der Waals surface area (Å²) in [6, 6.07) is 12.4. The molecule has 0 saturated heterocycles. The van der Waals surface area contributed by atoms with Gasteiger partial charge in [0.15, 0.2) is 0 Å². The summed E-state index contributed by atoms with van der Waals surface area (Å²) in [4.78, 5) is 22.5. The van der Waals surface area contributed by atoms with Crippen LogP contribution in [0.25, 0.3) is 0 Å². The van der Waals surface area contributed by atoms with Crippen molar-refractivity contribution in [2.24, 2.45) is 0 Å². The summed E-state index contributed by atoms with van der Waals surface area (Å²) in [6.07, 6.45) is 5.23. The van der Waals surface area contributed by atoms with E-state index in [9.17, 15) is 14.9 Å². The molecular weight excluding hydrogens is 304 g/mol. The lowest BCUT2D eigenvalue weighted by atomic mass is 9.90. The number of hydrogen-bond donors (Lipinski definition) is 1. The number of non-ortho nitro benzene ring substituents is 1. The molecule has 124 valence electrons. The Morgan fingerprint density at radius 3 is 2.46 bits per heavy atom. The van der Waals surface area contributed by atoms with Crippen molar-refractivity contribution in [1.82, 2.24) is 5.32 Å². The van der Waals surface area contributed by atoms with Crippen molar-refractivity contribution in [2.45, 2.75) is 32.1 Å². The summed E-state index contributed by atoms with van der Waals surface area (Å²) in [5.74, 6) is -0.0646. The second kappa shape index (κ2) is 7.25. The molecule has 0 radical (unpaired) electrons. The van der Waals surface area contributed by atoms with Gasteiger partial charge in [0.1, 0.15) is 0 Å². The Balaban J connectivity index is 1.54. The second-order valence-corrected chi connectivity index (χ2v) is 6.12. The van der Waals surface area contributed by atoms with Crippen molar-refractivity contribution in [1.29, 1.82) is 0 Å². The van der Waals surface area contributed by atoms with Crippen LogP contribution in [0.2, 0.25) is 0 Å². The number of aryl methyl sites for hydroxylation is 2. The highest BCUT2D eigenvalue weighted by atomic mass is 16.6. The molecule has 1 aliphatic rings. The number of fused-ring (bicyclic) bond motifs is 1. The molecule has 2 aromatic carbocycles. The van der Waals surface area contributed by atoms with Crippen LogP contribution in [0.1, 0.15) is 39.9 Å². The zero-order valence-electron chi connectivity index (χ0n) is 13.5. The molecule has 0 spiro atoms. The van der Waals surface area contributed by atoms with E-state index < -0.39 is 4.92 Å². The summed E-state index contributed by atoms with van der Waals surface area (Å²) in [6.45, 7) is 0.508. The molecule has 1 N–H and O–H groups in total. The smallest absolute Gasteiger partial charge is 0.269 e. The van der Waals surface area contributed by atoms with Crippen LogP contribution >= 0.6 is 0 Å². The maximum Gasteiger partial charge on any atom is 0.269 e. The summed E-state index contributed by atoms with van der Waals surface area (Å²) in [5.41, 5.74) is 4.41. The highest BCUT2D eigenvalue weighted by Crippen LogP contribution is 2.22. The molecule has 24 heavy (non-hydrogen) atoms. The molecule has 0 saturated carbocycles. The van der Waals surface area contributed by atoms with Crippen LogP contribution in [0.3, 0.4) is 0 Å². The Hall–Kier alpha value is -2.69. The fraction of sp³-hybridized carbons (Fsp3) is 0.316. The largest absolute Gasteiger partial charge is 0.352 e. The highest BCUT2D eigenvalue weighted by Gasteiger charge is 2.12. The number of nitrogens with one attached hydrogen (secondary N) is 1. The van der Waals surface area contributed by atoms with Crippen molar-refractivity contribution >= 4 is 11.6 Å². The van der Waals surface area contributed by atoms with E-state index in [0.29, 0.717) is 18.5 Å². The Morgan fingerprint density at radius 1 is 1.04 bits per heavy atom. The monoisotopic (exact) mass is 324 g/mol. The maximum absolute atomic E-state index is 12.3.